The predicted octanol–water partition coefficient (Wildman–Crippen LogP) is 1.19. The fourth-order valence-corrected chi connectivity index (χ4v) is 1.77. The third kappa shape index (κ3) is 3.69. The largest absolute Gasteiger partial charge is 0.378 e. The van der Waals surface area contributed by atoms with Gasteiger partial charge in [-0.2, -0.15) is 15.0 Å². The molecule has 0 aromatic carbocycles. The van der Waals surface area contributed by atoms with Gasteiger partial charge in [0.25, 0.3) is 0 Å². The van der Waals surface area contributed by atoms with Crippen molar-refractivity contribution in [1.29, 1.82) is 0 Å². The third-order valence-electron chi connectivity index (χ3n) is 2.68. The van der Waals surface area contributed by atoms with Crippen molar-refractivity contribution in [3.63, 3.8) is 0 Å². The molecule has 0 aliphatic carbocycles. The van der Waals surface area contributed by atoms with Crippen LogP contribution in [0.25, 0.3) is 0 Å². The lowest BCUT2D eigenvalue weighted by molar-refractivity contribution is 0.122. The van der Waals surface area contributed by atoms with Crippen molar-refractivity contribution in [3.8, 4) is 12.3 Å². The first kappa shape index (κ1) is 13.8. The molecular weight excluding hydrogens is 266 g/mol. The standard InChI is InChI=1S/C12H16ClN5O/c1-4-12(2,3)17-10-14-9(13)15-11(16-10)18-5-7-19-8-6-18/h1H,5-8H2,2-3H3,(H,14,15,16,17). The van der Waals surface area contributed by atoms with Crippen LogP contribution in [0.5, 0.6) is 0 Å². The number of nitrogens with zero attached hydrogens (tertiary/aromatic N) is 4. The number of hydrogen-bond acceptors (Lipinski definition) is 6. The zero-order chi connectivity index (χ0) is 13.9. The fourth-order valence-electron chi connectivity index (χ4n) is 1.62. The maximum absolute atomic E-state index is 5.93. The minimum Gasteiger partial charge on any atom is -0.378 e. The van der Waals surface area contributed by atoms with E-state index in [0.717, 1.165) is 13.1 Å². The molecule has 1 aliphatic heterocycles. The Kier molecular flexibility index (Phi) is 4.08. The molecule has 2 rings (SSSR count). The topological polar surface area (TPSA) is 63.2 Å². The summed E-state index contributed by atoms with van der Waals surface area (Å²) in [6, 6.07) is 0. The Balaban J connectivity index is 2.22. The van der Waals surface area contributed by atoms with Crippen LogP contribution in [0, 0.1) is 12.3 Å². The first-order chi connectivity index (χ1) is 9.00. The molecule has 1 fully saturated rings. The Bertz CT molecular complexity index is 493. The predicted molar refractivity (Wildman–Crippen MR) is 74.4 cm³/mol. The van der Waals surface area contributed by atoms with Crippen LogP contribution in [0.1, 0.15) is 13.8 Å². The van der Waals surface area contributed by atoms with Crippen LogP contribution < -0.4 is 10.2 Å². The van der Waals surface area contributed by atoms with Crippen LogP contribution in [0.4, 0.5) is 11.9 Å². The molecule has 19 heavy (non-hydrogen) atoms. The number of ether oxygens (including phenoxy) is 1. The number of morpholine rings is 1. The molecule has 0 amide bonds. The van der Waals surface area contributed by atoms with Gasteiger partial charge >= 0.3 is 0 Å². The maximum Gasteiger partial charge on any atom is 0.231 e. The quantitative estimate of drug-likeness (QED) is 0.840. The van der Waals surface area contributed by atoms with Crippen LogP contribution in [0.3, 0.4) is 0 Å². The SMILES string of the molecule is C#CC(C)(C)Nc1nc(Cl)nc(N2CCOCC2)n1. The van der Waals surface area contributed by atoms with Gasteiger partial charge in [-0.3, -0.25) is 0 Å². The van der Waals surface area contributed by atoms with Gasteiger partial charge in [0.15, 0.2) is 0 Å². The highest BCUT2D eigenvalue weighted by atomic mass is 35.5. The first-order valence-electron chi connectivity index (χ1n) is 6.00. The van der Waals surface area contributed by atoms with Crippen LogP contribution in [0.2, 0.25) is 5.28 Å². The number of nitrogens with one attached hydrogen (secondary N) is 1. The summed E-state index contributed by atoms with van der Waals surface area (Å²) < 4.78 is 5.29. The molecule has 6 nitrogen and oxygen atoms in total. The monoisotopic (exact) mass is 281 g/mol. The highest BCUT2D eigenvalue weighted by Crippen LogP contribution is 2.17. The van der Waals surface area contributed by atoms with E-state index < -0.39 is 5.54 Å². The van der Waals surface area contributed by atoms with Gasteiger partial charge in [-0.05, 0) is 25.4 Å². The molecular formula is C12H16ClN5O. The van der Waals surface area contributed by atoms with E-state index >= 15 is 0 Å². The van der Waals surface area contributed by atoms with Crippen molar-refractivity contribution >= 4 is 23.5 Å². The summed E-state index contributed by atoms with van der Waals surface area (Å²) in [5.74, 6) is 3.54. The second-order valence-electron chi connectivity index (χ2n) is 4.72. The average molecular weight is 282 g/mol. The van der Waals surface area contributed by atoms with Gasteiger partial charge in [-0.15, -0.1) is 6.42 Å². The first-order valence-corrected chi connectivity index (χ1v) is 6.38. The fraction of sp³-hybridized carbons (Fsp3) is 0.583. The second-order valence-corrected chi connectivity index (χ2v) is 5.06. The van der Waals surface area contributed by atoms with Gasteiger partial charge in [-0.1, -0.05) is 5.92 Å². The summed E-state index contributed by atoms with van der Waals surface area (Å²) in [5, 5.41) is 3.19. The molecule has 0 bridgehead atoms. The van der Waals surface area contributed by atoms with E-state index in [1.807, 2.05) is 18.7 Å². The second kappa shape index (κ2) is 5.59. The summed E-state index contributed by atoms with van der Waals surface area (Å²) in [6.07, 6.45) is 5.43. The van der Waals surface area contributed by atoms with Crippen LogP contribution in [0.15, 0.2) is 0 Å². The number of halogens is 1. The number of anilines is 2. The molecule has 0 spiro atoms. The highest BCUT2D eigenvalue weighted by Gasteiger charge is 2.19. The van der Waals surface area contributed by atoms with E-state index in [0.29, 0.717) is 25.1 Å². The van der Waals surface area contributed by atoms with Crippen molar-refractivity contribution < 1.29 is 4.74 Å². The van der Waals surface area contributed by atoms with Crippen molar-refractivity contribution in [2.24, 2.45) is 0 Å². The molecule has 1 aromatic rings. The zero-order valence-electron chi connectivity index (χ0n) is 11.0. The minimum atomic E-state index is -0.549. The minimum absolute atomic E-state index is 0.145. The Morgan fingerprint density at radius 2 is 2.00 bits per heavy atom. The van der Waals surface area contributed by atoms with Crippen molar-refractivity contribution in [2.45, 2.75) is 19.4 Å². The van der Waals surface area contributed by atoms with E-state index in [4.69, 9.17) is 22.8 Å². The summed E-state index contributed by atoms with van der Waals surface area (Å²) in [5.41, 5.74) is -0.549. The van der Waals surface area contributed by atoms with E-state index in [1.54, 1.807) is 0 Å². The number of rotatable bonds is 3. The van der Waals surface area contributed by atoms with E-state index in [1.165, 1.54) is 0 Å². The molecule has 1 aliphatic rings. The summed E-state index contributed by atoms with van der Waals surface area (Å²) in [6.45, 7) is 6.50. The number of aromatic nitrogens is 3. The molecule has 1 aromatic heterocycles. The van der Waals surface area contributed by atoms with Gasteiger partial charge in [0.2, 0.25) is 17.2 Å². The van der Waals surface area contributed by atoms with Crippen LogP contribution >= 0.6 is 11.6 Å². The molecule has 0 radical (unpaired) electrons. The van der Waals surface area contributed by atoms with Gasteiger partial charge in [0.05, 0.1) is 18.8 Å². The molecule has 102 valence electrons. The Morgan fingerprint density at radius 1 is 1.32 bits per heavy atom. The third-order valence-corrected chi connectivity index (χ3v) is 2.84. The van der Waals surface area contributed by atoms with Gasteiger partial charge < -0.3 is 15.0 Å². The van der Waals surface area contributed by atoms with E-state index in [9.17, 15) is 0 Å². The highest BCUT2D eigenvalue weighted by molar-refractivity contribution is 6.28. The number of hydrogen-bond donors (Lipinski definition) is 1. The van der Waals surface area contributed by atoms with Crippen molar-refractivity contribution in [2.75, 3.05) is 36.5 Å². The smallest absolute Gasteiger partial charge is 0.231 e. The van der Waals surface area contributed by atoms with E-state index in [2.05, 4.69) is 26.2 Å². The zero-order valence-corrected chi connectivity index (χ0v) is 11.7. The van der Waals surface area contributed by atoms with Crippen LogP contribution in [-0.4, -0.2) is 46.8 Å². The summed E-state index contributed by atoms with van der Waals surface area (Å²) in [7, 11) is 0. The number of terminal acetylenes is 1. The van der Waals surface area contributed by atoms with Gasteiger partial charge in [0.1, 0.15) is 0 Å². The lowest BCUT2D eigenvalue weighted by Gasteiger charge is -2.27. The normalized spacial score (nSPS) is 16.0. The van der Waals surface area contributed by atoms with Crippen molar-refractivity contribution in [3.05, 3.63) is 5.28 Å². The molecule has 2 heterocycles. The lowest BCUT2D eigenvalue weighted by Crippen LogP contribution is -2.38. The Labute approximate surface area is 117 Å². The Morgan fingerprint density at radius 3 is 2.63 bits per heavy atom. The van der Waals surface area contributed by atoms with Crippen molar-refractivity contribution in [1.82, 2.24) is 15.0 Å². The summed E-state index contributed by atoms with van der Waals surface area (Å²) >= 11 is 5.93. The Hall–Kier alpha value is -1.58. The summed E-state index contributed by atoms with van der Waals surface area (Å²) in [4.78, 5) is 14.5. The van der Waals surface area contributed by atoms with Gasteiger partial charge in [-0.25, -0.2) is 0 Å². The molecule has 0 saturated carbocycles. The molecule has 0 atom stereocenters. The molecule has 1 N–H and O–H groups in total. The molecule has 1 saturated heterocycles. The molecule has 0 unspecified atom stereocenters. The van der Waals surface area contributed by atoms with Crippen LogP contribution in [-0.2, 0) is 4.74 Å². The maximum atomic E-state index is 5.93. The lowest BCUT2D eigenvalue weighted by atomic mass is 10.1. The van der Waals surface area contributed by atoms with Gasteiger partial charge in [0, 0.05) is 13.1 Å². The molecule has 7 heteroatoms. The van der Waals surface area contributed by atoms with E-state index in [-0.39, 0.29) is 5.28 Å². The average Bonchev–Trinajstić information content (AvgIpc) is 2.38.